The van der Waals surface area contributed by atoms with Crippen LogP contribution in [-0.4, -0.2) is 7.05 Å². The van der Waals surface area contributed by atoms with Crippen molar-refractivity contribution in [2.45, 2.75) is 19.4 Å². The molecule has 1 atom stereocenters. The molecule has 0 radical (unpaired) electrons. The van der Waals surface area contributed by atoms with Crippen LogP contribution in [0.3, 0.4) is 0 Å². The molecule has 1 heterocycles. The summed E-state index contributed by atoms with van der Waals surface area (Å²) in [7, 11) is 1.92. The minimum absolute atomic E-state index is 0.210. The molecule has 0 aliphatic rings. The Kier molecular flexibility index (Phi) is 2.91. The number of nitrogens with two attached hydrogens (primary N) is 1. The molecule has 0 saturated heterocycles. The lowest BCUT2D eigenvalue weighted by Gasteiger charge is -2.03. The number of hydrogen-bond acceptors (Lipinski definition) is 3. The van der Waals surface area contributed by atoms with Gasteiger partial charge in [-0.1, -0.05) is 6.92 Å². The van der Waals surface area contributed by atoms with Crippen molar-refractivity contribution in [3.8, 4) is 0 Å². The maximum absolute atomic E-state index is 5.84. The van der Waals surface area contributed by atoms with Gasteiger partial charge in [-0.3, -0.25) is 0 Å². The summed E-state index contributed by atoms with van der Waals surface area (Å²) < 4.78 is 0. The summed E-state index contributed by atoms with van der Waals surface area (Å²) in [6.07, 6.45) is 1.00. The Morgan fingerprint density at radius 3 is 2.91 bits per heavy atom. The van der Waals surface area contributed by atoms with E-state index >= 15 is 0 Å². The van der Waals surface area contributed by atoms with Crippen LogP contribution >= 0.6 is 11.3 Å². The van der Waals surface area contributed by atoms with Crippen molar-refractivity contribution in [2.24, 2.45) is 5.73 Å². The van der Waals surface area contributed by atoms with Crippen LogP contribution in [0.4, 0.5) is 5.69 Å². The largest absolute Gasteiger partial charge is 0.387 e. The Hall–Kier alpha value is -0.540. The van der Waals surface area contributed by atoms with Crippen LogP contribution in [0.25, 0.3) is 0 Å². The molecule has 1 aromatic rings. The Morgan fingerprint density at radius 2 is 2.45 bits per heavy atom. The lowest BCUT2D eigenvalue weighted by Crippen LogP contribution is -2.06. The number of nitrogens with one attached hydrogen (secondary N) is 1. The first-order chi connectivity index (χ1) is 5.27. The molecule has 2 nitrogen and oxygen atoms in total. The van der Waals surface area contributed by atoms with Crippen LogP contribution in [0.2, 0.25) is 0 Å². The quantitative estimate of drug-likeness (QED) is 0.729. The smallest absolute Gasteiger partial charge is 0.0449 e. The van der Waals surface area contributed by atoms with E-state index in [1.807, 2.05) is 7.05 Å². The predicted molar refractivity (Wildman–Crippen MR) is 51.1 cm³/mol. The number of hydrogen-bond donors (Lipinski definition) is 2. The number of thiophene rings is 1. The van der Waals surface area contributed by atoms with Crippen LogP contribution in [0, 0.1) is 0 Å². The second kappa shape index (κ2) is 3.74. The Bertz CT molecular complexity index is 220. The summed E-state index contributed by atoms with van der Waals surface area (Å²) >= 11 is 1.72. The minimum atomic E-state index is 0.210. The second-order valence-electron chi connectivity index (χ2n) is 2.50. The van der Waals surface area contributed by atoms with Crippen molar-refractivity contribution in [1.82, 2.24) is 0 Å². The van der Waals surface area contributed by atoms with Crippen LogP contribution in [0.1, 0.15) is 24.3 Å². The molecule has 3 N–H and O–H groups in total. The van der Waals surface area contributed by atoms with Crippen molar-refractivity contribution < 1.29 is 0 Å². The van der Waals surface area contributed by atoms with Crippen LogP contribution in [0.15, 0.2) is 11.4 Å². The summed E-state index contributed by atoms with van der Waals surface area (Å²) in [5, 5.41) is 5.17. The third-order valence-electron chi connectivity index (χ3n) is 1.71. The van der Waals surface area contributed by atoms with Gasteiger partial charge in [-0.2, -0.15) is 0 Å². The van der Waals surface area contributed by atoms with Gasteiger partial charge in [-0.25, -0.2) is 0 Å². The average molecular weight is 170 g/mol. The molecule has 0 aliphatic carbocycles. The van der Waals surface area contributed by atoms with Crippen molar-refractivity contribution in [3.63, 3.8) is 0 Å². The van der Waals surface area contributed by atoms with E-state index in [2.05, 4.69) is 23.7 Å². The monoisotopic (exact) mass is 170 g/mol. The molecule has 1 unspecified atom stereocenters. The molecule has 11 heavy (non-hydrogen) atoms. The Balaban J connectivity index is 2.71. The van der Waals surface area contributed by atoms with Gasteiger partial charge in [0, 0.05) is 29.0 Å². The Morgan fingerprint density at radius 1 is 1.73 bits per heavy atom. The summed E-state index contributed by atoms with van der Waals surface area (Å²) in [6.45, 7) is 2.10. The zero-order valence-electron chi connectivity index (χ0n) is 6.92. The summed E-state index contributed by atoms with van der Waals surface area (Å²) in [5.41, 5.74) is 7.01. The highest BCUT2D eigenvalue weighted by atomic mass is 32.1. The summed E-state index contributed by atoms with van der Waals surface area (Å²) in [5.74, 6) is 0. The van der Waals surface area contributed by atoms with Crippen LogP contribution in [0.5, 0.6) is 0 Å². The molecule has 0 fully saturated rings. The van der Waals surface area contributed by atoms with Gasteiger partial charge >= 0.3 is 0 Å². The van der Waals surface area contributed by atoms with Gasteiger partial charge in [-0.15, -0.1) is 11.3 Å². The first-order valence-corrected chi connectivity index (χ1v) is 4.67. The zero-order chi connectivity index (χ0) is 8.27. The maximum atomic E-state index is 5.84. The van der Waals surface area contributed by atoms with Crippen LogP contribution in [-0.2, 0) is 0 Å². The van der Waals surface area contributed by atoms with E-state index in [9.17, 15) is 0 Å². The topological polar surface area (TPSA) is 38.0 Å². The van der Waals surface area contributed by atoms with E-state index in [-0.39, 0.29) is 6.04 Å². The lowest BCUT2D eigenvalue weighted by molar-refractivity contribution is 0.712. The molecular weight excluding hydrogens is 156 g/mol. The highest BCUT2D eigenvalue weighted by molar-refractivity contribution is 7.10. The molecule has 0 saturated carbocycles. The lowest BCUT2D eigenvalue weighted by atomic mass is 10.2. The molecule has 0 aliphatic heterocycles. The van der Waals surface area contributed by atoms with E-state index in [1.165, 1.54) is 4.88 Å². The van der Waals surface area contributed by atoms with E-state index < -0.39 is 0 Å². The van der Waals surface area contributed by atoms with Gasteiger partial charge in [0.15, 0.2) is 0 Å². The van der Waals surface area contributed by atoms with Crippen molar-refractivity contribution in [3.05, 3.63) is 16.3 Å². The summed E-state index contributed by atoms with van der Waals surface area (Å²) in [4.78, 5) is 1.26. The highest BCUT2D eigenvalue weighted by Gasteiger charge is 2.05. The Labute approximate surface area is 71.4 Å². The molecule has 3 heteroatoms. The third kappa shape index (κ3) is 1.94. The van der Waals surface area contributed by atoms with Gasteiger partial charge in [0.25, 0.3) is 0 Å². The number of rotatable bonds is 3. The van der Waals surface area contributed by atoms with Gasteiger partial charge in [-0.05, 0) is 12.5 Å². The van der Waals surface area contributed by atoms with Crippen LogP contribution < -0.4 is 11.1 Å². The van der Waals surface area contributed by atoms with Gasteiger partial charge < -0.3 is 11.1 Å². The first kappa shape index (κ1) is 8.56. The van der Waals surface area contributed by atoms with Crippen molar-refractivity contribution >= 4 is 17.0 Å². The van der Waals surface area contributed by atoms with Crippen molar-refractivity contribution in [1.29, 1.82) is 0 Å². The maximum Gasteiger partial charge on any atom is 0.0449 e. The minimum Gasteiger partial charge on any atom is -0.387 e. The summed E-state index contributed by atoms with van der Waals surface area (Å²) in [6, 6.07) is 2.32. The third-order valence-corrected chi connectivity index (χ3v) is 2.78. The van der Waals surface area contributed by atoms with Gasteiger partial charge in [0.2, 0.25) is 0 Å². The molecule has 0 spiro atoms. The van der Waals surface area contributed by atoms with E-state index in [1.54, 1.807) is 11.3 Å². The van der Waals surface area contributed by atoms with E-state index in [0.29, 0.717) is 0 Å². The van der Waals surface area contributed by atoms with Gasteiger partial charge in [0.05, 0.1) is 0 Å². The molecule has 1 aromatic heterocycles. The molecule has 1 rings (SSSR count). The predicted octanol–water partition coefficient (Wildman–Crippen LogP) is 2.20. The second-order valence-corrected chi connectivity index (χ2v) is 3.45. The average Bonchev–Trinajstić information content (AvgIpc) is 2.50. The standard InChI is InChI=1S/C8H14N2S/c1-3-7(9)8-4-6(10-2)5-11-8/h4-5,7,10H,3,9H2,1-2H3. The highest BCUT2D eigenvalue weighted by Crippen LogP contribution is 2.25. The molecule has 62 valence electrons. The fraction of sp³-hybridized carbons (Fsp3) is 0.500. The molecular formula is C8H14N2S. The molecule has 0 amide bonds. The number of anilines is 1. The fourth-order valence-electron chi connectivity index (χ4n) is 0.880. The van der Waals surface area contributed by atoms with Gasteiger partial charge in [0.1, 0.15) is 0 Å². The first-order valence-electron chi connectivity index (χ1n) is 3.79. The normalized spacial score (nSPS) is 13.0. The zero-order valence-corrected chi connectivity index (χ0v) is 7.74. The molecule has 0 bridgehead atoms. The fourth-order valence-corrected chi connectivity index (χ4v) is 1.86. The van der Waals surface area contributed by atoms with Crippen molar-refractivity contribution in [2.75, 3.05) is 12.4 Å². The van der Waals surface area contributed by atoms with E-state index in [0.717, 1.165) is 12.1 Å². The SMILES string of the molecule is CCC(N)c1cc(NC)cs1. The molecule has 0 aromatic carbocycles. The van der Waals surface area contributed by atoms with E-state index in [4.69, 9.17) is 5.73 Å².